The molecule has 0 radical (unpaired) electrons. The van der Waals surface area contributed by atoms with E-state index < -0.39 is 0 Å². The lowest BCUT2D eigenvalue weighted by atomic mass is 9.96. The van der Waals surface area contributed by atoms with Crippen molar-refractivity contribution in [3.05, 3.63) is 52.9 Å². The molecule has 0 N–H and O–H groups in total. The monoisotopic (exact) mass is 367 g/mol. The van der Waals surface area contributed by atoms with Crippen LogP contribution >= 0.6 is 0 Å². The maximum Gasteiger partial charge on any atom is 0.242 e. The zero-order chi connectivity index (χ0) is 18.8. The predicted octanol–water partition coefficient (Wildman–Crippen LogP) is 2.53. The Balaban J connectivity index is 1.36. The summed E-state index contributed by atoms with van der Waals surface area (Å²) in [5.41, 5.74) is 3.18. The maximum absolute atomic E-state index is 12.7. The molecule has 2 amide bonds. The van der Waals surface area contributed by atoms with Crippen molar-refractivity contribution in [2.45, 2.75) is 44.6 Å². The SMILES string of the molecule is CN(Cc1noc2c1CCCC2)C(=O)CN1C[C@H](c2ccccc2)CC1=O. The van der Waals surface area contributed by atoms with Crippen LogP contribution in [-0.4, -0.2) is 46.9 Å². The zero-order valence-electron chi connectivity index (χ0n) is 15.7. The Kier molecular flexibility index (Phi) is 4.97. The van der Waals surface area contributed by atoms with E-state index in [1.165, 1.54) is 5.56 Å². The summed E-state index contributed by atoms with van der Waals surface area (Å²) in [6.07, 6.45) is 4.65. The van der Waals surface area contributed by atoms with Gasteiger partial charge in [0, 0.05) is 37.9 Å². The molecule has 0 bridgehead atoms. The molecule has 6 heteroatoms. The van der Waals surface area contributed by atoms with E-state index in [2.05, 4.69) is 5.16 Å². The summed E-state index contributed by atoms with van der Waals surface area (Å²) in [5.74, 6) is 1.12. The molecule has 1 saturated heterocycles. The second kappa shape index (κ2) is 7.55. The van der Waals surface area contributed by atoms with Gasteiger partial charge in [0.25, 0.3) is 0 Å². The molecule has 0 saturated carbocycles. The third-order valence-corrected chi connectivity index (χ3v) is 5.66. The average Bonchev–Trinajstić information content (AvgIpc) is 3.26. The summed E-state index contributed by atoms with van der Waals surface area (Å²) in [4.78, 5) is 28.3. The number of aryl methyl sites for hydroxylation is 1. The number of fused-ring (bicyclic) bond motifs is 1. The molecule has 6 nitrogen and oxygen atoms in total. The van der Waals surface area contributed by atoms with E-state index in [4.69, 9.17) is 4.52 Å². The van der Waals surface area contributed by atoms with Crippen molar-refractivity contribution in [1.29, 1.82) is 0 Å². The largest absolute Gasteiger partial charge is 0.361 e. The van der Waals surface area contributed by atoms with E-state index in [-0.39, 0.29) is 24.3 Å². The van der Waals surface area contributed by atoms with Gasteiger partial charge in [-0.3, -0.25) is 9.59 Å². The highest BCUT2D eigenvalue weighted by atomic mass is 16.5. The van der Waals surface area contributed by atoms with Gasteiger partial charge in [-0.2, -0.15) is 0 Å². The fraction of sp³-hybridized carbons (Fsp3) is 0.476. The number of nitrogens with zero attached hydrogens (tertiary/aromatic N) is 3. The predicted molar refractivity (Wildman–Crippen MR) is 100.0 cm³/mol. The topological polar surface area (TPSA) is 66.7 Å². The molecule has 1 aromatic carbocycles. The van der Waals surface area contributed by atoms with Gasteiger partial charge >= 0.3 is 0 Å². The van der Waals surface area contributed by atoms with E-state index in [0.29, 0.717) is 19.5 Å². The van der Waals surface area contributed by atoms with E-state index in [9.17, 15) is 9.59 Å². The Bertz CT molecular complexity index is 830. The van der Waals surface area contributed by atoms with E-state index in [1.807, 2.05) is 30.3 Å². The van der Waals surface area contributed by atoms with Gasteiger partial charge in [-0.1, -0.05) is 35.5 Å². The number of carbonyl (C=O) groups excluding carboxylic acids is 2. The van der Waals surface area contributed by atoms with Crippen LogP contribution in [0.15, 0.2) is 34.9 Å². The minimum atomic E-state index is -0.0652. The Morgan fingerprint density at radius 3 is 2.85 bits per heavy atom. The number of rotatable bonds is 5. The maximum atomic E-state index is 12.7. The summed E-state index contributed by atoms with van der Waals surface area (Å²) in [6, 6.07) is 10.0. The number of amides is 2. The molecule has 27 heavy (non-hydrogen) atoms. The van der Waals surface area contributed by atoms with Crippen LogP contribution in [0.25, 0.3) is 0 Å². The van der Waals surface area contributed by atoms with Crippen molar-refractivity contribution in [1.82, 2.24) is 15.0 Å². The first-order chi connectivity index (χ1) is 13.1. The highest BCUT2D eigenvalue weighted by Gasteiger charge is 2.32. The average molecular weight is 367 g/mol. The molecule has 1 aliphatic heterocycles. The van der Waals surface area contributed by atoms with Gasteiger partial charge in [-0.15, -0.1) is 0 Å². The molecular weight excluding hydrogens is 342 g/mol. The minimum Gasteiger partial charge on any atom is -0.361 e. The number of hydrogen-bond donors (Lipinski definition) is 0. The van der Waals surface area contributed by atoms with Crippen LogP contribution in [0.4, 0.5) is 0 Å². The number of hydrogen-bond acceptors (Lipinski definition) is 4. The molecule has 2 aliphatic rings. The molecule has 1 atom stereocenters. The van der Waals surface area contributed by atoms with Crippen LogP contribution in [0.5, 0.6) is 0 Å². The number of likely N-dealkylation sites (N-methyl/N-ethyl adjacent to an activating group) is 1. The Hall–Kier alpha value is -2.63. The number of likely N-dealkylation sites (tertiary alicyclic amines) is 1. The van der Waals surface area contributed by atoms with Gasteiger partial charge in [0.05, 0.1) is 13.1 Å². The van der Waals surface area contributed by atoms with E-state index >= 15 is 0 Å². The lowest BCUT2D eigenvalue weighted by molar-refractivity contribution is -0.137. The number of carbonyl (C=O) groups is 2. The molecule has 142 valence electrons. The molecule has 2 aromatic rings. The minimum absolute atomic E-state index is 0.0458. The van der Waals surface area contributed by atoms with E-state index in [1.54, 1.807) is 16.8 Å². The number of benzene rings is 1. The second-order valence-corrected chi connectivity index (χ2v) is 7.57. The standard InChI is InChI=1S/C21H25N3O3/c1-23(13-18-17-9-5-6-10-19(17)27-22-18)21(26)14-24-12-16(11-20(24)25)15-7-3-2-4-8-15/h2-4,7-8,16H,5-6,9-14H2,1H3/t16-/m1/s1. The van der Waals surface area contributed by atoms with E-state index in [0.717, 1.165) is 42.7 Å². The first-order valence-electron chi connectivity index (χ1n) is 9.65. The lowest BCUT2D eigenvalue weighted by Crippen LogP contribution is -2.39. The molecule has 2 heterocycles. The van der Waals surface area contributed by atoms with Crippen molar-refractivity contribution in [2.24, 2.45) is 0 Å². The summed E-state index contributed by atoms with van der Waals surface area (Å²) < 4.78 is 5.43. The zero-order valence-corrected chi connectivity index (χ0v) is 15.7. The lowest BCUT2D eigenvalue weighted by Gasteiger charge is -2.22. The van der Waals surface area contributed by atoms with Crippen molar-refractivity contribution < 1.29 is 14.1 Å². The van der Waals surface area contributed by atoms with Crippen molar-refractivity contribution >= 4 is 11.8 Å². The highest BCUT2D eigenvalue weighted by molar-refractivity contribution is 5.86. The summed E-state index contributed by atoms with van der Waals surface area (Å²) >= 11 is 0. The van der Waals surface area contributed by atoms with Gasteiger partial charge in [-0.05, 0) is 24.8 Å². The number of aromatic nitrogens is 1. The van der Waals surface area contributed by atoms with Crippen LogP contribution in [0, 0.1) is 0 Å². The highest BCUT2D eigenvalue weighted by Crippen LogP contribution is 2.28. The van der Waals surface area contributed by atoms with Crippen molar-refractivity contribution in [3.63, 3.8) is 0 Å². The molecule has 1 fully saturated rings. The van der Waals surface area contributed by atoms with Crippen LogP contribution in [0.2, 0.25) is 0 Å². The van der Waals surface area contributed by atoms with Crippen LogP contribution in [-0.2, 0) is 29.0 Å². The van der Waals surface area contributed by atoms with Gasteiger partial charge in [0.2, 0.25) is 11.8 Å². The van der Waals surface area contributed by atoms with Gasteiger partial charge in [0.15, 0.2) is 0 Å². The van der Waals surface area contributed by atoms with Crippen LogP contribution in [0.1, 0.15) is 47.8 Å². The summed E-state index contributed by atoms with van der Waals surface area (Å²) in [5, 5.41) is 4.17. The second-order valence-electron chi connectivity index (χ2n) is 7.57. The fourth-order valence-electron chi connectivity index (χ4n) is 4.04. The van der Waals surface area contributed by atoms with Crippen LogP contribution < -0.4 is 0 Å². The third-order valence-electron chi connectivity index (χ3n) is 5.66. The first kappa shape index (κ1) is 17.8. The quantitative estimate of drug-likeness (QED) is 0.814. The van der Waals surface area contributed by atoms with Gasteiger partial charge < -0.3 is 14.3 Å². The normalized spacial score (nSPS) is 19.2. The summed E-state index contributed by atoms with van der Waals surface area (Å²) in [6.45, 7) is 1.16. The molecule has 1 aliphatic carbocycles. The Morgan fingerprint density at radius 1 is 1.26 bits per heavy atom. The smallest absolute Gasteiger partial charge is 0.242 e. The molecule has 0 unspecified atom stereocenters. The van der Waals surface area contributed by atoms with Crippen molar-refractivity contribution in [2.75, 3.05) is 20.1 Å². The fourth-order valence-corrected chi connectivity index (χ4v) is 4.04. The van der Waals surface area contributed by atoms with Gasteiger partial charge in [0.1, 0.15) is 11.5 Å². The molecular formula is C21H25N3O3. The first-order valence-corrected chi connectivity index (χ1v) is 9.65. The summed E-state index contributed by atoms with van der Waals surface area (Å²) in [7, 11) is 1.77. The van der Waals surface area contributed by atoms with Crippen molar-refractivity contribution in [3.8, 4) is 0 Å². The van der Waals surface area contributed by atoms with Gasteiger partial charge in [-0.25, -0.2) is 0 Å². The Labute approximate surface area is 159 Å². The molecule has 4 rings (SSSR count). The third kappa shape index (κ3) is 3.75. The molecule has 0 spiro atoms. The Morgan fingerprint density at radius 2 is 2.04 bits per heavy atom. The molecule has 1 aromatic heterocycles. The van der Waals surface area contributed by atoms with Crippen LogP contribution in [0.3, 0.4) is 0 Å².